The second-order valence-corrected chi connectivity index (χ2v) is 2.03. The van der Waals surface area contributed by atoms with E-state index in [1.54, 1.807) is 6.07 Å². The third kappa shape index (κ3) is 2.12. The SMILES string of the molecule is O=C(O)NNc1ccccc1F. The Morgan fingerprint density at radius 1 is 1.42 bits per heavy atom. The van der Waals surface area contributed by atoms with Crippen LogP contribution in [0.5, 0.6) is 0 Å². The maximum Gasteiger partial charge on any atom is 0.423 e. The standard InChI is InChI=1S/C7H7FN2O2/c8-5-3-1-2-4-6(5)9-10-7(11)12/h1-4,9-10H,(H,11,12). The number of benzene rings is 1. The molecule has 1 aromatic rings. The van der Waals surface area contributed by atoms with Crippen molar-refractivity contribution in [3.63, 3.8) is 0 Å². The van der Waals surface area contributed by atoms with E-state index in [1.807, 2.05) is 5.43 Å². The Balaban J connectivity index is 2.63. The lowest BCUT2D eigenvalue weighted by Crippen LogP contribution is -2.27. The quantitative estimate of drug-likeness (QED) is 0.588. The summed E-state index contributed by atoms with van der Waals surface area (Å²) in [5.74, 6) is -0.508. The van der Waals surface area contributed by atoms with Gasteiger partial charge >= 0.3 is 6.09 Å². The number of hydrazine groups is 1. The van der Waals surface area contributed by atoms with E-state index in [2.05, 4.69) is 5.43 Å². The number of para-hydroxylation sites is 1. The minimum Gasteiger partial charge on any atom is -0.464 e. The minimum absolute atomic E-state index is 0.0971. The topological polar surface area (TPSA) is 61.4 Å². The van der Waals surface area contributed by atoms with Crippen molar-refractivity contribution in [3.05, 3.63) is 30.1 Å². The van der Waals surface area contributed by atoms with Crippen molar-refractivity contribution in [1.29, 1.82) is 0 Å². The van der Waals surface area contributed by atoms with Crippen LogP contribution in [0.2, 0.25) is 0 Å². The van der Waals surface area contributed by atoms with Crippen molar-refractivity contribution in [3.8, 4) is 0 Å². The molecule has 1 amide bonds. The molecule has 0 aliphatic carbocycles. The highest BCUT2D eigenvalue weighted by Crippen LogP contribution is 2.10. The van der Waals surface area contributed by atoms with Crippen LogP contribution in [-0.4, -0.2) is 11.2 Å². The summed E-state index contributed by atoms with van der Waals surface area (Å²) < 4.78 is 12.7. The molecular formula is C7H7FN2O2. The Labute approximate surface area is 68.0 Å². The molecule has 0 spiro atoms. The first kappa shape index (κ1) is 8.32. The second kappa shape index (κ2) is 3.56. The van der Waals surface area contributed by atoms with Gasteiger partial charge in [0, 0.05) is 0 Å². The van der Waals surface area contributed by atoms with E-state index in [-0.39, 0.29) is 5.69 Å². The molecule has 0 radical (unpaired) electrons. The fourth-order valence-corrected chi connectivity index (χ4v) is 0.683. The van der Waals surface area contributed by atoms with E-state index >= 15 is 0 Å². The third-order valence-electron chi connectivity index (χ3n) is 1.18. The zero-order valence-electron chi connectivity index (χ0n) is 6.04. The summed E-state index contributed by atoms with van der Waals surface area (Å²) in [5.41, 5.74) is 4.11. The van der Waals surface area contributed by atoms with Crippen molar-refractivity contribution in [2.45, 2.75) is 0 Å². The highest BCUT2D eigenvalue weighted by molar-refractivity contribution is 5.66. The molecular weight excluding hydrogens is 163 g/mol. The zero-order chi connectivity index (χ0) is 8.97. The van der Waals surface area contributed by atoms with Crippen LogP contribution in [0, 0.1) is 5.82 Å². The molecule has 0 unspecified atom stereocenters. The summed E-state index contributed by atoms with van der Waals surface area (Å²) in [6, 6.07) is 5.76. The average Bonchev–Trinajstić information content (AvgIpc) is 2.03. The maximum absolute atomic E-state index is 12.7. The van der Waals surface area contributed by atoms with Crippen LogP contribution in [0.3, 0.4) is 0 Å². The van der Waals surface area contributed by atoms with E-state index in [4.69, 9.17) is 5.11 Å². The van der Waals surface area contributed by atoms with E-state index in [0.717, 1.165) is 0 Å². The lowest BCUT2D eigenvalue weighted by molar-refractivity contribution is 0.197. The molecule has 0 atom stereocenters. The van der Waals surface area contributed by atoms with Crippen molar-refractivity contribution in [2.75, 3.05) is 5.43 Å². The van der Waals surface area contributed by atoms with Crippen LogP contribution in [0.1, 0.15) is 0 Å². The predicted molar refractivity (Wildman–Crippen MR) is 41.2 cm³/mol. The van der Waals surface area contributed by atoms with Crippen molar-refractivity contribution in [1.82, 2.24) is 5.43 Å². The Bertz CT molecular complexity index is 290. The average molecular weight is 170 g/mol. The molecule has 1 rings (SSSR count). The van der Waals surface area contributed by atoms with Crippen LogP contribution in [-0.2, 0) is 0 Å². The molecule has 4 nitrogen and oxygen atoms in total. The fourth-order valence-electron chi connectivity index (χ4n) is 0.683. The number of amides is 1. The molecule has 12 heavy (non-hydrogen) atoms. The monoisotopic (exact) mass is 170 g/mol. The first-order valence-electron chi connectivity index (χ1n) is 3.19. The van der Waals surface area contributed by atoms with Gasteiger partial charge in [-0.25, -0.2) is 14.6 Å². The molecule has 0 aliphatic heterocycles. The summed E-state index contributed by atoms with van der Waals surface area (Å²) in [6.07, 6.45) is -1.27. The van der Waals surface area contributed by atoms with Gasteiger partial charge < -0.3 is 5.11 Å². The largest absolute Gasteiger partial charge is 0.464 e. The van der Waals surface area contributed by atoms with Gasteiger partial charge in [0.05, 0.1) is 5.69 Å². The van der Waals surface area contributed by atoms with Crippen LogP contribution < -0.4 is 10.9 Å². The van der Waals surface area contributed by atoms with Gasteiger partial charge in [-0.3, -0.25) is 5.43 Å². The zero-order valence-corrected chi connectivity index (χ0v) is 6.04. The Morgan fingerprint density at radius 2 is 2.08 bits per heavy atom. The summed E-state index contributed by atoms with van der Waals surface area (Å²) in [7, 11) is 0. The van der Waals surface area contributed by atoms with Gasteiger partial charge in [0.15, 0.2) is 0 Å². The van der Waals surface area contributed by atoms with Gasteiger partial charge in [-0.2, -0.15) is 0 Å². The van der Waals surface area contributed by atoms with E-state index in [0.29, 0.717) is 0 Å². The second-order valence-electron chi connectivity index (χ2n) is 2.03. The molecule has 0 fully saturated rings. The number of rotatable bonds is 2. The van der Waals surface area contributed by atoms with Gasteiger partial charge in [0.2, 0.25) is 0 Å². The first-order valence-corrected chi connectivity index (χ1v) is 3.19. The number of hydrogen-bond acceptors (Lipinski definition) is 2. The predicted octanol–water partition coefficient (Wildman–Crippen LogP) is 1.42. The first-order chi connectivity index (χ1) is 5.70. The van der Waals surface area contributed by atoms with Crippen LogP contribution in [0.15, 0.2) is 24.3 Å². The van der Waals surface area contributed by atoms with Gasteiger partial charge in [0.25, 0.3) is 0 Å². The maximum atomic E-state index is 12.7. The summed E-state index contributed by atoms with van der Waals surface area (Å²) in [5, 5.41) is 8.17. The normalized spacial score (nSPS) is 9.08. The molecule has 64 valence electrons. The Hall–Kier alpha value is -1.78. The Morgan fingerprint density at radius 3 is 2.67 bits per heavy atom. The third-order valence-corrected chi connectivity index (χ3v) is 1.18. The van der Waals surface area contributed by atoms with Gasteiger partial charge in [0.1, 0.15) is 5.82 Å². The van der Waals surface area contributed by atoms with Crippen molar-refractivity contribution in [2.24, 2.45) is 0 Å². The van der Waals surface area contributed by atoms with Crippen molar-refractivity contribution >= 4 is 11.8 Å². The van der Waals surface area contributed by atoms with E-state index in [1.165, 1.54) is 18.2 Å². The number of anilines is 1. The van der Waals surface area contributed by atoms with Crippen molar-refractivity contribution < 1.29 is 14.3 Å². The number of carbonyl (C=O) groups is 1. The van der Waals surface area contributed by atoms with Gasteiger partial charge in [-0.1, -0.05) is 12.1 Å². The number of nitrogens with one attached hydrogen (secondary N) is 2. The molecule has 3 N–H and O–H groups in total. The smallest absolute Gasteiger partial charge is 0.423 e. The Kier molecular flexibility index (Phi) is 2.47. The lowest BCUT2D eigenvalue weighted by atomic mass is 10.3. The molecule has 0 saturated carbocycles. The lowest BCUT2D eigenvalue weighted by Gasteiger charge is -2.04. The number of halogens is 1. The van der Waals surface area contributed by atoms with Crippen LogP contribution in [0.25, 0.3) is 0 Å². The molecule has 0 bridgehead atoms. The summed E-state index contributed by atoms with van der Waals surface area (Å²) in [6.45, 7) is 0. The molecule has 5 heteroatoms. The molecule has 0 heterocycles. The highest BCUT2D eigenvalue weighted by atomic mass is 19.1. The van der Waals surface area contributed by atoms with Crippen LogP contribution >= 0.6 is 0 Å². The van der Waals surface area contributed by atoms with Gasteiger partial charge in [-0.05, 0) is 12.1 Å². The molecule has 0 aliphatic rings. The van der Waals surface area contributed by atoms with Crippen LogP contribution in [0.4, 0.5) is 14.9 Å². The molecule has 0 aromatic heterocycles. The number of hydrogen-bond donors (Lipinski definition) is 3. The molecule has 1 aromatic carbocycles. The highest BCUT2D eigenvalue weighted by Gasteiger charge is 1.99. The summed E-state index contributed by atoms with van der Waals surface area (Å²) >= 11 is 0. The van der Waals surface area contributed by atoms with Gasteiger partial charge in [-0.15, -0.1) is 0 Å². The fraction of sp³-hybridized carbons (Fsp3) is 0. The molecule has 0 saturated heterocycles. The summed E-state index contributed by atoms with van der Waals surface area (Å²) in [4.78, 5) is 9.99. The number of carboxylic acid groups (broad SMARTS) is 1. The van der Waals surface area contributed by atoms with E-state index < -0.39 is 11.9 Å². The van der Waals surface area contributed by atoms with E-state index in [9.17, 15) is 9.18 Å². The minimum atomic E-state index is -1.27.